The molecule has 0 saturated heterocycles. The Morgan fingerprint density at radius 3 is 3.00 bits per heavy atom. The third-order valence-electron chi connectivity index (χ3n) is 3.61. The molecule has 0 aromatic carbocycles. The molecule has 0 aliphatic carbocycles. The number of aliphatic hydroxyl groups is 1. The van der Waals surface area contributed by atoms with Gasteiger partial charge >= 0.3 is 5.97 Å². The number of carbonyl (C=O) groups excluding carboxylic acids is 3. The number of hydrogen-bond acceptors (Lipinski definition) is 6. The molecular formula is C17H28N2O6. The highest BCUT2D eigenvalue weighted by Gasteiger charge is 2.20. The monoisotopic (exact) mass is 356 g/mol. The van der Waals surface area contributed by atoms with E-state index >= 15 is 0 Å². The Labute approximate surface area is 147 Å². The van der Waals surface area contributed by atoms with E-state index in [9.17, 15) is 14.4 Å². The first-order valence-electron chi connectivity index (χ1n) is 8.67. The lowest BCUT2D eigenvalue weighted by Gasteiger charge is -2.15. The number of amides is 2. The van der Waals surface area contributed by atoms with Gasteiger partial charge in [-0.25, -0.2) is 0 Å². The summed E-state index contributed by atoms with van der Waals surface area (Å²) in [5.41, 5.74) is 0. The molecule has 142 valence electrons. The lowest BCUT2D eigenvalue weighted by Crippen LogP contribution is -2.37. The van der Waals surface area contributed by atoms with Crippen molar-refractivity contribution in [3.8, 4) is 0 Å². The van der Waals surface area contributed by atoms with Crippen LogP contribution in [0.2, 0.25) is 0 Å². The van der Waals surface area contributed by atoms with Crippen LogP contribution in [-0.4, -0.2) is 62.4 Å². The highest BCUT2D eigenvalue weighted by Crippen LogP contribution is 2.11. The number of aliphatic hydroxyl groups excluding tert-OH is 1. The minimum absolute atomic E-state index is 0.0577. The van der Waals surface area contributed by atoms with Gasteiger partial charge in [0.1, 0.15) is 6.61 Å². The largest absolute Gasteiger partial charge is 0.464 e. The van der Waals surface area contributed by atoms with Gasteiger partial charge < -0.3 is 25.2 Å². The van der Waals surface area contributed by atoms with Gasteiger partial charge in [-0.3, -0.25) is 14.4 Å². The molecule has 0 fully saturated rings. The van der Waals surface area contributed by atoms with E-state index in [1.165, 1.54) is 0 Å². The van der Waals surface area contributed by atoms with Crippen molar-refractivity contribution < 1.29 is 29.0 Å². The van der Waals surface area contributed by atoms with Crippen LogP contribution in [-0.2, 0) is 23.9 Å². The maximum Gasteiger partial charge on any atom is 0.305 e. The number of carbonyl (C=O) groups is 3. The van der Waals surface area contributed by atoms with Crippen LogP contribution in [0.3, 0.4) is 0 Å². The molecule has 1 atom stereocenters. The summed E-state index contributed by atoms with van der Waals surface area (Å²) in [7, 11) is 0. The molecule has 0 aromatic rings. The van der Waals surface area contributed by atoms with Crippen LogP contribution in [0.15, 0.2) is 12.2 Å². The quantitative estimate of drug-likeness (QED) is 0.334. The average Bonchev–Trinajstić information content (AvgIpc) is 2.60. The Morgan fingerprint density at radius 2 is 2.20 bits per heavy atom. The van der Waals surface area contributed by atoms with Gasteiger partial charge in [0.2, 0.25) is 11.8 Å². The third-order valence-corrected chi connectivity index (χ3v) is 3.61. The molecule has 0 spiro atoms. The Morgan fingerprint density at radius 1 is 1.36 bits per heavy atom. The Kier molecular flexibility index (Phi) is 11.3. The lowest BCUT2D eigenvalue weighted by atomic mass is 9.99. The fraction of sp³-hybridized carbons (Fsp3) is 0.706. The van der Waals surface area contributed by atoms with Gasteiger partial charge in [0.25, 0.3) is 0 Å². The second-order valence-corrected chi connectivity index (χ2v) is 5.70. The highest BCUT2D eigenvalue weighted by molar-refractivity contribution is 5.85. The van der Waals surface area contributed by atoms with E-state index in [4.69, 9.17) is 14.6 Å². The number of rotatable bonds is 7. The second kappa shape index (κ2) is 13.4. The van der Waals surface area contributed by atoms with E-state index in [1.807, 2.05) is 12.2 Å². The van der Waals surface area contributed by atoms with Gasteiger partial charge in [0.15, 0.2) is 0 Å². The van der Waals surface area contributed by atoms with E-state index in [1.54, 1.807) is 0 Å². The maximum atomic E-state index is 12.2. The lowest BCUT2D eigenvalue weighted by molar-refractivity contribution is -0.144. The molecule has 2 amide bonds. The van der Waals surface area contributed by atoms with E-state index in [0.717, 1.165) is 6.42 Å². The summed E-state index contributed by atoms with van der Waals surface area (Å²) in [6.45, 7) is 1.20. The normalized spacial score (nSPS) is 19.8. The molecule has 1 rings (SSSR count). The number of esters is 1. The molecule has 25 heavy (non-hydrogen) atoms. The van der Waals surface area contributed by atoms with Crippen molar-refractivity contribution in [2.45, 2.75) is 32.1 Å². The van der Waals surface area contributed by atoms with Crippen LogP contribution >= 0.6 is 0 Å². The smallest absolute Gasteiger partial charge is 0.305 e. The van der Waals surface area contributed by atoms with Crippen molar-refractivity contribution in [2.24, 2.45) is 5.92 Å². The molecule has 8 nitrogen and oxygen atoms in total. The van der Waals surface area contributed by atoms with E-state index < -0.39 is 5.92 Å². The SMILES string of the molecule is O=C(CC1CC=CCCCC(=O)OCCNC1=O)NCCOCCO. The molecule has 1 unspecified atom stereocenters. The molecule has 0 bridgehead atoms. The maximum absolute atomic E-state index is 12.2. The summed E-state index contributed by atoms with van der Waals surface area (Å²) in [6.07, 6.45) is 6.15. The van der Waals surface area contributed by atoms with Gasteiger partial charge in [-0.05, 0) is 19.3 Å². The zero-order valence-electron chi connectivity index (χ0n) is 14.5. The van der Waals surface area contributed by atoms with Crippen LogP contribution in [0.1, 0.15) is 32.1 Å². The molecule has 3 N–H and O–H groups in total. The summed E-state index contributed by atoms with van der Waals surface area (Å²) < 4.78 is 10.1. The molecule has 0 aromatic heterocycles. The second-order valence-electron chi connectivity index (χ2n) is 5.70. The van der Waals surface area contributed by atoms with Crippen molar-refractivity contribution in [1.82, 2.24) is 10.6 Å². The molecule has 8 heteroatoms. The number of hydrogen-bond donors (Lipinski definition) is 3. The first-order chi connectivity index (χ1) is 12.1. The first kappa shape index (κ1) is 21.1. The Hall–Kier alpha value is -1.93. The molecule has 0 radical (unpaired) electrons. The van der Waals surface area contributed by atoms with E-state index in [0.29, 0.717) is 32.4 Å². The average molecular weight is 356 g/mol. The van der Waals surface area contributed by atoms with E-state index in [-0.39, 0.29) is 50.6 Å². The standard InChI is InChI=1S/C17H28N2O6/c20-9-12-24-10-7-18-15(21)13-14-5-3-1-2-4-6-16(22)25-11-8-19-17(14)23/h1,3,14,20H,2,4-13H2,(H,18,21)(H,19,23). The fourth-order valence-electron chi connectivity index (χ4n) is 2.31. The van der Waals surface area contributed by atoms with Crippen LogP contribution in [0.25, 0.3) is 0 Å². The molecule has 1 aliphatic heterocycles. The first-order valence-corrected chi connectivity index (χ1v) is 8.67. The van der Waals surface area contributed by atoms with Crippen LogP contribution < -0.4 is 10.6 Å². The van der Waals surface area contributed by atoms with Gasteiger partial charge in [-0.15, -0.1) is 0 Å². The van der Waals surface area contributed by atoms with Crippen molar-refractivity contribution in [2.75, 3.05) is 39.5 Å². The number of nitrogens with one attached hydrogen (secondary N) is 2. The van der Waals surface area contributed by atoms with Crippen LogP contribution in [0.5, 0.6) is 0 Å². The van der Waals surface area contributed by atoms with Crippen molar-refractivity contribution in [3.63, 3.8) is 0 Å². The summed E-state index contributed by atoms with van der Waals surface area (Å²) in [5, 5.41) is 14.0. The van der Waals surface area contributed by atoms with Crippen LogP contribution in [0.4, 0.5) is 0 Å². The summed E-state index contributed by atoms with van der Waals surface area (Å²) in [6, 6.07) is 0. The molecule has 1 heterocycles. The third kappa shape index (κ3) is 10.5. The topological polar surface area (TPSA) is 114 Å². The zero-order valence-corrected chi connectivity index (χ0v) is 14.5. The highest BCUT2D eigenvalue weighted by atomic mass is 16.5. The number of ether oxygens (including phenoxy) is 2. The molecular weight excluding hydrogens is 328 g/mol. The predicted octanol–water partition coefficient (Wildman–Crippen LogP) is -0.0926. The van der Waals surface area contributed by atoms with Gasteiger partial charge in [-0.1, -0.05) is 12.2 Å². The van der Waals surface area contributed by atoms with Crippen molar-refractivity contribution in [3.05, 3.63) is 12.2 Å². The van der Waals surface area contributed by atoms with Crippen molar-refractivity contribution in [1.29, 1.82) is 0 Å². The number of cyclic esters (lactones) is 1. The minimum Gasteiger partial charge on any atom is -0.464 e. The molecule has 1 aliphatic rings. The zero-order chi connectivity index (χ0) is 18.3. The Balaban J connectivity index is 2.44. The van der Waals surface area contributed by atoms with Gasteiger partial charge in [0.05, 0.1) is 32.3 Å². The molecule has 0 saturated carbocycles. The van der Waals surface area contributed by atoms with Gasteiger partial charge in [-0.2, -0.15) is 0 Å². The summed E-state index contributed by atoms with van der Waals surface area (Å²) in [5.74, 6) is -1.18. The predicted molar refractivity (Wildman–Crippen MR) is 90.6 cm³/mol. The van der Waals surface area contributed by atoms with Gasteiger partial charge in [0, 0.05) is 19.4 Å². The minimum atomic E-state index is -0.467. The van der Waals surface area contributed by atoms with Crippen molar-refractivity contribution >= 4 is 17.8 Å². The summed E-state index contributed by atoms with van der Waals surface area (Å²) >= 11 is 0. The van der Waals surface area contributed by atoms with Crippen LogP contribution in [0, 0.1) is 5.92 Å². The Bertz CT molecular complexity index is 452. The van der Waals surface area contributed by atoms with E-state index in [2.05, 4.69) is 10.6 Å². The summed E-state index contributed by atoms with van der Waals surface area (Å²) in [4.78, 5) is 35.6. The number of allylic oxidation sites excluding steroid dienone is 2. The fourth-order valence-corrected chi connectivity index (χ4v) is 2.31.